The SMILES string of the molecule is CCCCCCCC(=O)O[C@H]1CC[C@@]2(C)C(=CC[C@H]3[C@@H]4CC[C@H]([C@H](C)CC[C@@H](CC)C(C)C)[C@@]4(C)CC[C@@H]32)C1. The minimum Gasteiger partial charge on any atom is -0.462 e. The topological polar surface area (TPSA) is 26.3 Å². The molecule has 0 amide bonds. The molecule has 2 nitrogen and oxygen atoms in total. The van der Waals surface area contributed by atoms with Gasteiger partial charge in [-0.25, -0.2) is 0 Å². The van der Waals surface area contributed by atoms with Crippen LogP contribution in [0, 0.1) is 52.3 Å². The number of carbonyl (C=O) groups is 1. The second-order valence-electron chi connectivity index (χ2n) is 15.5. The Kier molecular flexibility index (Phi) is 10.7. The van der Waals surface area contributed by atoms with Crippen molar-refractivity contribution in [2.75, 3.05) is 0 Å². The molecule has 3 saturated carbocycles. The fourth-order valence-corrected chi connectivity index (χ4v) is 10.5. The van der Waals surface area contributed by atoms with Crippen LogP contribution in [0.3, 0.4) is 0 Å². The molecule has 2 heteroatoms. The standard InChI is InChI=1S/C37H64O2/c1-8-10-11-12-13-14-35(38)39-30-21-23-36(6)29(25-30)17-18-31-33-20-19-32(37(33,7)24-22-34(31)36)27(5)15-16-28(9-2)26(3)4/h17,26-28,30-34H,8-16,18-25H2,1-7H3/t27-,28-,30+,31+,32-,33+,34+,36+,37-/m1/s1. The average molecular weight is 541 g/mol. The molecule has 0 aromatic heterocycles. The Hall–Kier alpha value is -0.790. The zero-order chi connectivity index (χ0) is 28.2. The zero-order valence-electron chi connectivity index (χ0n) is 27.0. The normalized spacial score (nSPS) is 37.4. The molecule has 39 heavy (non-hydrogen) atoms. The van der Waals surface area contributed by atoms with Gasteiger partial charge in [-0.3, -0.25) is 4.79 Å². The third-order valence-corrected chi connectivity index (χ3v) is 13.1. The maximum Gasteiger partial charge on any atom is 0.306 e. The summed E-state index contributed by atoms with van der Waals surface area (Å²) in [5.41, 5.74) is 2.52. The van der Waals surface area contributed by atoms with Gasteiger partial charge in [0, 0.05) is 12.8 Å². The fraction of sp³-hybridized carbons (Fsp3) is 0.919. The lowest BCUT2D eigenvalue weighted by Crippen LogP contribution is -2.51. The summed E-state index contributed by atoms with van der Waals surface area (Å²) in [7, 11) is 0. The van der Waals surface area contributed by atoms with Crippen LogP contribution in [-0.4, -0.2) is 12.1 Å². The van der Waals surface area contributed by atoms with E-state index in [1.165, 1.54) is 77.0 Å². The quantitative estimate of drug-likeness (QED) is 0.132. The molecule has 0 bridgehead atoms. The van der Waals surface area contributed by atoms with Gasteiger partial charge in [-0.15, -0.1) is 0 Å². The number of hydrogen-bond donors (Lipinski definition) is 0. The number of unbranched alkanes of at least 4 members (excludes halogenated alkanes) is 4. The lowest BCUT2D eigenvalue weighted by molar-refractivity contribution is -0.151. The van der Waals surface area contributed by atoms with Gasteiger partial charge in [0.25, 0.3) is 0 Å². The molecule has 0 radical (unpaired) electrons. The molecule has 0 unspecified atom stereocenters. The van der Waals surface area contributed by atoms with Crippen LogP contribution in [0.1, 0.15) is 158 Å². The first-order valence-electron chi connectivity index (χ1n) is 17.5. The molecule has 0 aliphatic heterocycles. The smallest absolute Gasteiger partial charge is 0.306 e. The molecule has 224 valence electrons. The van der Waals surface area contributed by atoms with Crippen molar-refractivity contribution < 1.29 is 9.53 Å². The van der Waals surface area contributed by atoms with Crippen molar-refractivity contribution >= 4 is 5.97 Å². The first kappa shape index (κ1) is 31.2. The molecule has 0 spiro atoms. The lowest BCUT2D eigenvalue weighted by atomic mass is 9.47. The van der Waals surface area contributed by atoms with E-state index in [2.05, 4.69) is 54.5 Å². The number of allylic oxidation sites excluding steroid dienone is 1. The summed E-state index contributed by atoms with van der Waals surface area (Å²) in [4.78, 5) is 12.6. The second kappa shape index (κ2) is 13.5. The van der Waals surface area contributed by atoms with E-state index in [0.717, 1.165) is 67.1 Å². The van der Waals surface area contributed by atoms with Crippen LogP contribution < -0.4 is 0 Å². The Morgan fingerprint density at radius 1 is 0.949 bits per heavy atom. The first-order chi connectivity index (χ1) is 18.6. The molecule has 0 aromatic carbocycles. The van der Waals surface area contributed by atoms with Crippen molar-refractivity contribution in [2.45, 2.75) is 164 Å². The maximum absolute atomic E-state index is 12.6. The van der Waals surface area contributed by atoms with Crippen LogP contribution in [-0.2, 0) is 9.53 Å². The van der Waals surface area contributed by atoms with Gasteiger partial charge in [-0.05, 0) is 110 Å². The molecular formula is C37H64O2. The summed E-state index contributed by atoms with van der Waals surface area (Å²) in [5.74, 6) is 6.18. The van der Waals surface area contributed by atoms with Gasteiger partial charge in [0.1, 0.15) is 6.10 Å². The number of esters is 1. The van der Waals surface area contributed by atoms with Gasteiger partial charge in [-0.1, -0.05) is 98.6 Å². The summed E-state index contributed by atoms with van der Waals surface area (Å²) in [6.45, 7) is 17.4. The van der Waals surface area contributed by atoms with E-state index in [9.17, 15) is 4.79 Å². The monoisotopic (exact) mass is 540 g/mol. The Balaban J connectivity index is 1.34. The van der Waals surface area contributed by atoms with Crippen molar-refractivity contribution in [3.63, 3.8) is 0 Å². The number of hydrogen-bond acceptors (Lipinski definition) is 2. The fourth-order valence-electron chi connectivity index (χ4n) is 10.5. The van der Waals surface area contributed by atoms with E-state index in [4.69, 9.17) is 4.74 Å². The van der Waals surface area contributed by atoms with Gasteiger partial charge >= 0.3 is 5.97 Å². The van der Waals surface area contributed by atoms with Gasteiger partial charge in [0.2, 0.25) is 0 Å². The Bertz CT molecular complexity index is 827. The van der Waals surface area contributed by atoms with Gasteiger partial charge in [0.05, 0.1) is 0 Å². The Morgan fingerprint density at radius 3 is 2.44 bits per heavy atom. The van der Waals surface area contributed by atoms with Crippen LogP contribution in [0.25, 0.3) is 0 Å². The number of rotatable bonds is 13. The highest BCUT2D eigenvalue weighted by atomic mass is 16.5. The predicted octanol–water partition coefficient (Wildman–Crippen LogP) is 10.9. The number of fused-ring (bicyclic) bond motifs is 5. The van der Waals surface area contributed by atoms with E-state index >= 15 is 0 Å². The molecule has 0 N–H and O–H groups in total. The summed E-state index contributed by atoms with van der Waals surface area (Å²) in [5, 5.41) is 0. The van der Waals surface area contributed by atoms with Crippen LogP contribution in [0.4, 0.5) is 0 Å². The van der Waals surface area contributed by atoms with E-state index in [0.29, 0.717) is 17.3 Å². The minimum atomic E-state index is 0.0487. The largest absolute Gasteiger partial charge is 0.462 e. The molecule has 3 fully saturated rings. The number of ether oxygens (including phenoxy) is 1. The maximum atomic E-state index is 12.6. The summed E-state index contributed by atoms with van der Waals surface area (Å²) in [6, 6.07) is 0. The van der Waals surface area contributed by atoms with E-state index in [1.54, 1.807) is 5.57 Å². The van der Waals surface area contributed by atoms with Crippen LogP contribution in [0.2, 0.25) is 0 Å². The van der Waals surface area contributed by atoms with E-state index in [1.807, 2.05) is 0 Å². The van der Waals surface area contributed by atoms with Crippen LogP contribution in [0.15, 0.2) is 11.6 Å². The zero-order valence-corrected chi connectivity index (χ0v) is 27.0. The Morgan fingerprint density at radius 2 is 1.72 bits per heavy atom. The van der Waals surface area contributed by atoms with Gasteiger partial charge in [0.15, 0.2) is 0 Å². The highest BCUT2D eigenvalue weighted by Gasteiger charge is 2.59. The Labute approximate surface area is 242 Å². The van der Waals surface area contributed by atoms with Crippen molar-refractivity contribution in [3.05, 3.63) is 11.6 Å². The third kappa shape index (κ3) is 6.66. The average Bonchev–Trinajstić information content (AvgIpc) is 3.26. The molecule has 4 aliphatic rings. The van der Waals surface area contributed by atoms with Gasteiger partial charge in [-0.2, -0.15) is 0 Å². The van der Waals surface area contributed by atoms with Crippen molar-refractivity contribution in [1.29, 1.82) is 0 Å². The van der Waals surface area contributed by atoms with E-state index < -0.39 is 0 Å². The molecule has 4 rings (SSSR count). The summed E-state index contributed by atoms with van der Waals surface area (Å²) >= 11 is 0. The minimum absolute atomic E-state index is 0.0487. The second-order valence-corrected chi connectivity index (χ2v) is 15.5. The number of carbonyl (C=O) groups excluding carboxylic acids is 1. The predicted molar refractivity (Wildman–Crippen MR) is 165 cm³/mol. The summed E-state index contributed by atoms with van der Waals surface area (Å²) in [6.07, 6.45) is 23.8. The molecule has 9 atom stereocenters. The molecule has 0 heterocycles. The van der Waals surface area contributed by atoms with Crippen molar-refractivity contribution in [1.82, 2.24) is 0 Å². The molecule has 0 aromatic rings. The van der Waals surface area contributed by atoms with E-state index in [-0.39, 0.29) is 12.1 Å². The lowest BCUT2D eigenvalue weighted by Gasteiger charge is -2.58. The molecule has 4 aliphatic carbocycles. The summed E-state index contributed by atoms with van der Waals surface area (Å²) < 4.78 is 6.04. The first-order valence-corrected chi connectivity index (χ1v) is 17.5. The van der Waals surface area contributed by atoms with Crippen LogP contribution in [0.5, 0.6) is 0 Å². The van der Waals surface area contributed by atoms with Gasteiger partial charge < -0.3 is 4.74 Å². The van der Waals surface area contributed by atoms with Crippen molar-refractivity contribution in [3.8, 4) is 0 Å². The molecular weight excluding hydrogens is 476 g/mol. The van der Waals surface area contributed by atoms with Crippen LogP contribution >= 0.6 is 0 Å². The highest BCUT2D eigenvalue weighted by Crippen LogP contribution is 2.67. The highest BCUT2D eigenvalue weighted by molar-refractivity contribution is 5.69. The molecule has 0 saturated heterocycles. The van der Waals surface area contributed by atoms with Crippen molar-refractivity contribution in [2.24, 2.45) is 52.3 Å². The third-order valence-electron chi connectivity index (χ3n) is 13.1.